The summed E-state index contributed by atoms with van der Waals surface area (Å²) in [6.07, 6.45) is 5.74. The number of benzene rings is 2. The van der Waals surface area contributed by atoms with Gasteiger partial charge in [0, 0.05) is 70.0 Å². The van der Waals surface area contributed by atoms with Crippen molar-refractivity contribution in [3.05, 3.63) is 45.2 Å². The number of piperazine rings is 1. The van der Waals surface area contributed by atoms with Crippen LogP contribution < -0.4 is 19.9 Å². The third-order valence-electron chi connectivity index (χ3n) is 8.89. The molecule has 2 aromatic carbocycles. The fourth-order valence-electron chi connectivity index (χ4n) is 6.90. The van der Waals surface area contributed by atoms with E-state index in [0.717, 1.165) is 55.2 Å². The second-order valence-corrected chi connectivity index (χ2v) is 13.5. The summed E-state index contributed by atoms with van der Waals surface area (Å²) in [6.45, 7) is 5.20. The van der Waals surface area contributed by atoms with Crippen molar-refractivity contribution in [2.45, 2.75) is 50.7 Å². The van der Waals surface area contributed by atoms with Crippen molar-refractivity contribution in [2.24, 2.45) is 5.41 Å². The fourth-order valence-corrected chi connectivity index (χ4v) is 7.69. The number of hydrogen-bond donors (Lipinski definition) is 2. The quantitative estimate of drug-likeness (QED) is 0.373. The van der Waals surface area contributed by atoms with E-state index in [4.69, 9.17) is 14.7 Å². The largest absolute Gasteiger partial charge is 0.508 e. The molecule has 3 aromatic rings. The van der Waals surface area contributed by atoms with E-state index in [1.54, 1.807) is 0 Å². The molecule has 2 N–H and O–H groups in total. The van der Waals surface area contributed by atoms with Crippen LogP contribution in [-0.2, 0) is 13.0 Å². The van der Waals surface area contributed by atoms with Gasteiger partial charge in [-0.3, -0.25) is 0 Å². The molecule has 0 amide bonds. The van der Waals surface area contributed by atoms with Gasteiger partial charge in [-0.05, 0) is 86.3 Å². The Bertz CT molecular complexity index is 1400. The number of phenolic OH excluding ortho intramolecular Hbond substituents is 1. The van der Waals surface area contributed by atoms with Crippen LogP contribution in [0.2, 0.25) is 0 Å². The Kier molecular flexibility index (Phi) is 6.51. The zero-order valence-electron chi connectivity index (χ0n) is 22.8. The summed E-state index contributed by atoms with van der Waals surface area (Å²) in [5.41, 5.74) is 3.59. The minimum Gasteiger partial charge on any atom is -0.508 e. The molecule has 2 saturated heterocycles. The average Bonchev–Trinajstić information content (AvgIpc) is 3.59. The number of nitrogens with zero attached hydrogens (tertiary/aromatic N) is 5. The van der Waals surface area contributed by atoms with E-state index in [-0.39, 0.29) is 5.41 Å². The molecule has 206 valence electrons. The van der Waals surface area contributed by atoms with Crippen LogP contribution in [0.3, 0.4) is 0 Å². The number of rotatable bonds is 7. The monoisotopic (exact) mass is 640 g/mol. The molecule has 7 rings (SSSR count). The molecule has 1 aromatic heterocycles. The number of hydrogen-bond acceptors (Lipinski definition) is 8. The molecule has 9 heteroatoms. The highest BCUT2D eigenvalue weighted by molar-refractivity contribution is 14.1. The first-order valence-electron chi connectivity index (χ1n) is 14.2. The molecule has 8 nitrogen and oxygen atoms in total. The molecule has 1 aliphatic carbocycles. The van der Waals surface area contributed by atoms with E-state index in [1.807, 2.05) is 18.2 Å². The fraction of sp³-hybridized carbons (Fsp3) is 0.533. The number of nitrogens with one attached hydrogen (secondary N) is 1. The average molecular weight is 641 g/mol. The van der Waals surface area contributed by atoms with Crippen molar-refractivity contribution in [1.82, 2.24) is 20.2 Å². The molecular weight excluding hydrogens is 603 g/mol. The molecule has 2 bridgehead atoms. The van der Waals surface area contributed by atoms with E-state index < -0.39 is 0 Å². The molecule has 3 fully saturated rings. The molecule has 0 radical (unpaired) electrons. The van der Waals surface area contributed by atoms with Gasteiger partial charge in [-0.15, -0.1) is 0 Å². The molecule has 4 aliphatic rings. The van der Waals surface area contributed by atoms with Crippen molar-refractivity contribution in [3.63, 3.8) is 0 Å². The first-order chi connectivity index (χ1) is 18.9. The smallest absolute Gasteiger partial charge is 0.318 e. The lowest BCUT2D eigenvalue weighted by atomic mass is 10.0. The van der Waals surface area contributed by atoms with E-state index in [1.165, 1.54) is 40.2 Å². The van der Waals surface area contributed by atoms with E-state index in [9.17, 15) is 5.11 Å². The Balaban J connectivity index is 1.24. The van der Waals surface area contributed by atoms with Crippen LogP contribution in [0, 0.1) is 8.99 Å². The van der Waals surface area contributed by atoms with Gasteiger partial charge in [0.05, 0.1) is 18.8 Å². The van der Waals surface area contributed by atoms with Crippen molar-refractivity contribution < 1.29 is 9.84 Å². The number of ether oxygens (including phenoxy) is 1. The Morgan fingerprint density at radius 1 is 1.13 bits per heavy atom. The van der Waals surface area contributed by atoms with Gasteiger partial charge in [-0.1, -0.05) is 12.1 Å². The molecule has 3 aliphatic heterocycles. The van der Waals surface area contributed by atoms with Crippen LogP contribution in [-0.4, -0.2) is 78.9 Å². The van der Waals surface area contributed by atoms with E-state index in [0.29, 0.717) is 37.0 Å². The van der Waals surface area contributed by atoms with Gasteiger partial charge in [0.1, 0.15) is 11.6 Å². The van der Waals surface area contributed by atoms with Gasteiger partial charge in [-0.2, -0.15) is 9.97 Å². The predicted octanol–water partition coefficient (Wildman–Crippen LogP) is 4.16. The van der Waals surface area contributed by atoms with Crippen molar-refractivity contribution in [3.8, 4) is 11.8 Å². The zero-order valence-corrected chi connectivity index (χ0v) is 24.9. The predicted molar refractivity (Wildman–Crippen MR) is 163 cm³/mol. The summed E-state index contributed by atoms with van der Waals surface area (Å²) in [4.78, 5) is 17.2. The maximum absolute atomic E-state index is 10.6. The third kappa shape index (κ3) is 5.02. The summed E-state index contributed by atoms with van der Waals surface area (Å²) in [5.74, 6) is 1.37. The Morgan fingerprint density at radius 3 is 2.67 bits per heavy atom. The highest BCUT2D eigenvalue weighted by atomic mass is 127. The number of aromatic hydroxyl groups is 1. The maximum atomic E-state index is 10.6. The lowest BCUT2D eigenvalue weighted by molar-refractivity contribution is 0.182. The number of anilines is 2. The molecule has 1 saturated carbocycles. The maximum Gasteiger partial charge on any atom is 0.318 e. The number of fused-ring (bicyclic) bond motifs is 4. The van der Waals surface area contributed by atoms with Crippen molar-refractivity contribution in [1.29, 1.82) is 0 Å². The van der Waals surface area contributed by atoms with Gasteiger partial charge in [0.2, 0.25) is 0 Å². The number of phenols is 1. The summed E-state index contributed by atoms with van der Waals surface area (Å²) in [5, 5.41) is 16.6. The van der Waals surface area contributed by atoms with Gasteiger partial charge >= 0.3 is 6.01 Å². The van der Waals surface area contributed by atoms with Crippen molar-refractivity contribution in [2.75, 3.05) is 56.7 Å². The van der Waals surface area contributed by atoms with Gasteiger partial charge < -0.3 is 29.9 Å². The highest BCUT2D eigenvalue weighted by Gasteiger charge is 2.44. The van der Waals surface area contributed by atoms with Crippen LogP contribution in [0.5, 0.6) is 11.8 Å². The van der Waals surface area contributed by atoms with Crippen LogP contribution in [0.4, 0.5) is 11.5 Å². The van der Waals surface area contributed by atoms with Crippen LogP contribution in [0.15, 0.2) is 30.3 Å². The highest BCUT2D eigenvalue weighted by Crippen LogP contribution is 2.46. The summed E-state index contributed by atoms with van der Waals surface area (Å²) >= 11 is 2.40. The Labute approximate surface area is 243 Å². The van der Waals surface area contributed by atoms with Crippen LogP contribution in [0.1, 0.15) is 36.9 Å². The summed E-state index contributed by atoms with van der Waals surface area (Å²) < 4.78 is 7.58. The van der Waals surface area contributed by atoms with E-state index in [2.05, 4.69) is 68.8 Å². The van der Waals surface area contributed by atoms with Crippen molar-refractivity contribution >= 4 is 44.9 Å². The van der Waals surface area contributed by atoms with E-state index >= 15 is 0 Å². The molecule has 4 heterocycles. The second-order valence-electron chi connectivity index (χ2n) is 12.3. The summed E-state index contributed by atoms with van der Waals surface area (Å²) in [7, 11) is 4.26. The van der Waals surface area contributed by atoms with Gasteiger partial charge in [0.15, 0.2) is 0 Å². The van der Waals surface area contributed by atoms with Crippen LogP contribution >= 0.6 is 22.6 Å². The molecule has 0 spiro atoms. The molecular formula is C30H37IN6O2. The molecule has 39 heavy (non-hydrogen) atoms. The normalized spacial score (nSPS) is 23.4. The van der Waals surface area contributed by atoms with Crippen LogP contribution in [0.25, 0.3) is 10.8 Å². The first kappa shape index (κ1) is 25.6. The lowest BCUT2D eigenvalue weighted by Crippen LogP contribution is -2.52. The minimum absolute atomic E-state index is 0.223. The standard InChI is InChI=1S/C30H37IN6O2/c1-35(2)17-30(9-10-30)18-39-29-33-25-16-36(26-13-22(38)12-19-4-3-5-24(31)27(19)26)11-8-23(25)28(34-29)37-14-20-6-7-21(15-37)32-20/h3-5,12-13,20-21,32,38H,6-11,14-18H2,1-2H3. The lowest BCUT2D eigenvalue weighted by Gasteiger charge is -2.37. The third-order valence-corrected chi connectivity index (χ3v) is 9.78. The zero-order chi connectivity index (χ0) is 26.7. The number of halogens is 1. The Morgan fingerprint density at radius 2 is 1.92 bits per heavy atom. The molecule has 2 unspecified atom stereocenters. The van der Waals surface area contributed by atoms with Gasteiger partial charge in [0.25, 0.3) is 0 Å². The summed E-state index contributed by atoms with van der Waals surface area (Å²) in [6, 6.07) is 11.6. The minimum atomic E-state index is 0.223. The SMILES string of the molecule is CN(C)CC1(COc2nc3c(c(N4CC5CCC(C4)N5)n2)CCN(c2cc(O)cc4cccc(I)c24)C3)CC1. The topological polar surface area (TPSA) is 77.0 Å². The first-order valence-corrected chi connectivity index (χ1v) is 15.3. The van der Waals surface area contributed by atoms with Gasteiger partial charge in [-0.25, -0.2) is 0 Å². The number of aromatic nitrogens is 2. The molecule has 2 atom stereocenters. The Hall–Kier alpha value is -2.37. The second kappa shape index (κ2) is 9.92.